The molecule has 2 aromatic carbocycles. The summed E-state index contributed by atoms with van der Waals surface area (Å²) in [4.78, 5) is 14.1. The highest BCUT2D eigenvalue weighted by atomic mass is 19.4. The molecule has 0 radical (unpaired) electrons. The summed E-state index contributed by atoms with van der Waals surface area (Å²) in [7, 11) is 1.74. The molecule has 0 atom stereocenters. The standard InChI is InChI=1S/C17H16F3N5O/c1-23(11-13-7-9-14(10-8-13)17(18,19)20)12-24-16(26)25(22-21-24)15-5-3-2-4-6-15/h2-10H,11-12H2,1H3. The van der Waals surface area contributed by atoms with E-state index in [-0.39, 0.29) is 6.67 Å². The van der Waals surface area contributed by atoms with Crippen molar-refractivity contribution in [2.24, 2.45) is 0 Å². The number of tetrazole rings is 1. The second-order valence-electron chi connectivity index (χ2n) is 5.86. The van der Waals surface area contributed by atoms with Crippen molar-refractivity contribution in [3.63, 3.8) is 0 Å². The van der Waals surface area contributed by atoms with Gasteiger partial charge in [0.15, 0.2) is 0 Å². The molecule has 1 aromatic heterocycles. The lowest BCUT2D eigenvalue weighted by Crippen LogP contribution is -2.31. The Bertz CT molecular complexity index is 916. The number of hydrogen-bond donors (Lipinski definition) is 0. The van der Waals surface area contributed by atoms with Crippen LogP contribution in [0.25, 0.3) is 5.69 Å². The Kier molecular flexibility index (Phi) is 4.90. The molecule has 26 heavy (non-hydrogen) atoms. The van der Waals surface area contributed by atoms with Crippen LogP contribution in [0.15, 0.2) is 59.4 Å². The van der Waals surface area contributed by atoms with Crippen molar-refractivity contribution in [2.45, 2.75) is 19.4 Å². The molecule has 0 aliphatic rings. The van der Waals surface area contributed by atoms with Gasteiger partial charge in [-0.2, -0.15) is 22.5 Å². The van der Waals surface area contributed by atoms with Crippen LogP contribution in [0.2, 0.25) is 0 Å². The SMILES string of the molecule is CN(Cc1ccc(C(F)(F)F)cc1)Cn1nnn(-c2ccccc2)c1=O. The zero-order valence-electron chi connectivity index (χ0n) is 13.9. The lowest BCUT2D eigenvalue weighted by atomic mass is 10.1. The number of hydrogen-bond acceptors (Lipinski definition) is 4. The Balaban J connectivity index is 1.68. The summed E-state index contributed by atoms with van der Waals surface area (Å²) < 4.78 is 40.1. The van der Waals surface area contributed by atoms with Crippen LogP contribution in [0.1, 0.15) is 11.1 Å². The number of para-hydroxylation sites is 1. The van der Waals surface area contributed by atoms with Crippen molar-refractivity contribution in [3.8, 4) is 5.69 Å². The smallest absolute Gasteiger partial charge is 0.283 e. The number of rotatable bonds is 5. The molecule has 3 rings (SSSR count). The molecule has 0 saturated heterocycles. The summed E-state index contributed by atoms with van der Waals surface area (Å²) in [5.41, 5.74) is 0.222. The zero-order chi connectivity index (χ0) is 18.7. The monoisotopic (exact) mass is 363 g/mol. The number of benzene rings is 2. The van der Waals surface area contributed by atoms with Crippen LogP contribution in [-0.4, -0.2) is 31.7 Å². The van der Waals surface area contributed by atoms with E-state index < -0.39 is 17.4 Å². The highest BCUT2D eigenvalue weighted by molar-refractivity contribution is 5.29. The molecule has 3 aromatic rings. The zero-order valence-corrected chi connectivity index (χ0v) is 13.9. The number of aromatic nitrogens is 4. The average molecular weight is 363 g/mol. The van der Waals surface area contributed by atoms with Crippen LogP contribution in [0.4, 0.5) is 13.2 Å². The van der Waals surface area contributed by atoms with Gasteiger partial charge in [0.05, 0.1) is 11.3 Å². The molecule has 0 N–H and O–H groups in total. The van der Waals surface area contributed by atoms with Crippen molar-refractivity contribution in [3.05, 3.63) is 76.2 Å². The van der Waals surface area contributed by atoms with Crippen LogP contribution in [0, 0.1) is 0 Å². The molecule has 0 spiro atoms. The maximum atomic E-state index is 12.6. The quantitative estimate of drug-likeness (QED) is 0.699. The van der Waals surface area contributed by atoms with Crippen LogP contribution < -0.4 is 5.69 Å². The molecule has 0 amide bonds. The van der Waals surface area contributed by atoms with Gasteiger partial charge in [-0.1, -0.05) is 30.3 Å². The fraction of sp³-hybridized carbons (Fsp3) is 0.235. The van der Waals surface area contributed by atoms with Gasteiger partial charge in [0, 0.05) is 6.54 Å². The molecule has 1 heterocycles. The molecule has 0 fully saturated rings. The predicted molar refractivity (Wildman–Crippen MR) is 88.5 cm³/mol. The number of nitrogens with zero attached hydrogens (tertiary/aromatic N) is 5. The van der Waals surface area contributed by atoms with Crippen LogP contribution in [0.5, 0.6) is 0 Å². The van der Waals surface area contributed by atoms with E-state index in [4.69, 9.17) is 0 Å². The van der Waals surface area contributed by atoms with E-state index in [9.17, 15) is 18.0 Å². The van der Waals surface area contributed by atoms with Crippen molar-refractivity contribution in [1.82, 2.24) is 24.7 Å². The molecule has 0 bridgehead atoms. The highest BCUT2D eigenvalue weighted by Gasteiger charge is 2.29. The summed E-state index contributed by atoms with van der Waals surface area (Å²) in [5.74, 6) is 0. The van der Waals surface area contributed by atoms with Crippen LogP contribution >= 0.6 is 0 Å². The summed E-state index contributed by atoms with van der Waals surface area (Å²) in [6.45, 7) is 0.523. The molecule has 136 valence electrons. The first kappa shape index (κ1) is 17.9. The normalized spacial score (nSPS) is 11.9. The molecule has 0 saturated carbocycles. The number of alkyl halides is 3. The van der Waals surface area contributed by atoms with Crippen LogP contribution in [-0.2, 0) is 19.4 Å². The molecule has 0 aliphatic carbocycles. The minimum Gasteiger partial charge on any atom is -0.283 e. The summed E-state index contributed by atoms with van der Waals surface area (Å²) in [5, 5.41) is 7.70. The third kappa shape index (κ3) is 3.99. The van der Waals surface area contributed by atoms with E-state index in [2.05, 4.69) is 10.4 Å². The minimum atomic E-state index is -4.35. The Morgan fingerprint density at radius 1 is 1.00 bits per heavy atom. The second-order valence-corrected chi connectivity index (χ2v) is 5.86. The van der Waals surface area contributed by atoms with Gasteiger partial charge in [0.2, 0.25) is 0 Å². The van der Waals surface area contributed by atoms with Gasteiger partial charge in [-0.3, -0.25) is 4.90 Å². The van der Waals surface area contributed by atoms with Gasteiger partial charge in [-0.25, -0.2) is 4.79 Å². The van der Waals surface area contributed by atoms with E-state index in [0.717, 1.165) is 12.1 Å². The second kappa shape index (κ2) is 7.12. The minimum absolute atomic E-state index is 0.159. The van der Waals surface area contributed by atoms with Crippen molar-refractivity contribution in [1.29, 1.82) is 0 Å². The Hall–Kier alpha value is -2.94. The van der Waals surface area contributed by atoms with Gasteiger partial charge in [0.25, 0.3) is 0 Å². The lowest BCUT2D eigenvalue weighted by molar-refractivity contribution is -0.137. The topological polar surface area (TPSA) is 56.0 Å². The molecule has 0 aliphatic heterocycles. The van der Waals surface area contributed by atoms with Gasteiger partial charge in [-0.15, -0.1) is 0 Å². The van der Waals surface area contributed by atoms with Crippen molar-refractivity contribution < 1.29 is 13.2 Å². The van der Waals surface area contributed by atoms with E-state index in [1.54, 1.807) is 36.2 Å². The summed E-state index contributed by atoms with van der Waals surface area (Å²) in [6.07, 6.45) is -4.35. The highest BCUT2D eigenvalue weighted by Crippen LogP contribution is 2.29. The van der Waals surface area contributed by atoms with E-state index in [1.165, 1.54) is 21.5 Å². The Morgan fingerprint density at radius 2 is 1.65 bits per heavy atom. The molecular formula is C17H16F3N5O. The van der Waals surface area contributed by atoms with E-state index >= 15 is 0 Å². The largest absolute Gasteiger partial charge is 0.416 e. The number of halogens is 3. The molecular weight excluding hydrogens is 347 g/mol. The predicted octanol–water partition coefficient (Wildman–Crippen LogP) is 2.54. The fourth-order valence-corrected chi connectivity index (χ4v) is 2.48. The third-order valence-corrected chi connectivity index (χ3v) is 3.75. The first-order valence-electron chi connectivity index (χ1n) is 7.77. The third-order valence-electron chi connectivity index (χ3n) is 3.75. The maximum absolute atomic E-state index is 12.6. The first-order valence-corrected chi connectivity index (χ1v) is 7.77. The first-order chi connectivity index (χ1) is 12.3. The fourth-order valence-electron chi connectivity index (χ4n) is 2.48. The van der Waals surface area contributed by atoms with Gasteiger partial charge < -0.3 is 0 Å². The van der Waals surface area contributed by atoms with Gasteiger partial charge >= 0.3 is 11.9 Å². The van der Waals surface area contributed by atoms with E-state index in [0.29, 0.717) is 17.8 Å². The summed E-state index contributed by atoms with van der Waals surface area (Å²) >= 11 is 0. The molecule has 0 unspecified atom stereocenters. The lowest BCUT2D eigenvalue weighted by Gasteiger charge is -2.16. The van der Waals surface area contributed by atoms with Crippen molar-refractivity contribution >= 4 is 0 Å². The van der Waals surface area contributed by atoms with E-state index in [1.807, 2.05) is 6.07 Å². The van der Waals surface area contributed by atoms with Gasteiger partial charge in [0.1, 0.15) is 6.67 Å². The Morgan fingerprint density at radius 3 is 2.27 bits per heavy atom. The Labute approximate surface area is 147 Å². The van der Waals surface area contributed by atoms with Crippen LogP contribution in [0.3, 0.4) is 0 Å². The maximum Gasteiger partial charge on any atom is 0.416 e. The average Bonchev–Trinajstić information content (AvgIpc) is 2.96. The molecule has 9 heteroatoms. The molecule has 6 nitrogen and oxygen atoms in total. The summed E-state index contributed by atoms with van der Waals surface area (Å²) in [6, 6.07) is 13.8. The van der Waals surface area contributed by atoms with Crippen molar-refractivity contribution in [2.75, 3.05) is 7.05 Å². The van der Waals surface area contributed by atoms with Gasteiger partial charge in [-0.05, 0) is 47.3 Å².